The van der Waals surface area contributed by atoms with Gasteiger partial charge in [0.05, 0.1) is 17.7 Å². The standard InChI is InChI=1S/C23H26N2O4/c1-4-8-19-20(22(26)28-15(2)3)21(25-23(27)24-19)16-11-13-18(14-12-16)29-17-9-6-5-7-10-17/h5-7,9-15,21H,4,8H2,1-3H3,(H2,24,25,27). The summed E-state index contributed by atoms with van der Waals surface area (Å²) in [4.78, 5) is 25.0. The maximum Gasteiger partial charge on any atom is 0.338 e. The Bertz CT molecular complexity index is 889. The van der Waals surface area contributed by atoms with Gasteiger partial charge in [-0.05, 0) is 50.1 Å². The third-order valence-electron chi connectivity index (χ3n) is 4.41. The van der Waals surface area contributed by atoms with Crippen LogP contribution in [0, 0.1) is 0 Å². The number of amides is 2. The van der Waals surface area contributed by atoms with Gasteiger partial charge in [0.25, 0.3) is 0 Å². The van der Waals surface area contributed by atoms with E-state index in [0.29, 0.717) is 23.4 Å². The number of allylic oxidation sites excluding steroid dienone is 1. The highest BCUT2D eigenvalue weighted by Crippen LogP contribution is 2.31. The minimum absolute atomic E-state index is 0.252. The summed E-state index contributed by atoms with van der Waals surface area (Å²) in [5.41, 5.74) is 1.83. The van der Waals surface area contributed by atoms with Gasteiger partial charge < -0.3 is 20.1 Å². The van der Waals surface area contributed by atoms with Gasteiger partial charge in [0.1, 0.15) is 11.5 Å². The Kier molecular flexibility index (Phi) is 6.54. The summed E-state index contributed by atoms with van der Waals surface area (Å²) in [6.45, 7) is 5.60. The van der Waals surface area contributed by atoms with Gasteiger partial charge in [0.15, 0.2) is 0 Å². The number of carbonyl (C=O) groups is 2. The molecule has 0 radical (unpaired) electrons. The van der Waals surface area contributed by atoms with Crippen LogP contribution in [0.25, 0.3) is 0 Å². The smallest absolute Gasteiger partial charge is 0.338 e. The third kappa shape index (κ3) is 5.16. The van der Waals surface area contributed by atoms with Crippen LogP contribution >= 0.6 is 0 Å². The molecule has 3 rings (SSSR count). The second-order valence-electron chi connectivity index (χ2n) is 7.11. The molecule has 2 N–H and O–H groups in total. The summed E-state index contributed by atoms with van der Waals surface area (Å²) < 4.78 is 11.3. The number of rotatable bonds is 7. The van der Waals surface area contributed by atoms with Gasteiger partial charge in [-0.2, -0.15) is 0 Å². The van der Waals surface area contributed by atoms with Gasteiger partial charge in [0, 0.05) is 5.70 Å². The van der Waals surface area contributed by atoms with E-state index in [1.807, 2.05) is 61.5 Å². The van der Waals surface area contributed by atoms with Gasteiger partial charge in [-0.3, -0.25) is 0 Å². The molecule has 0 bridgehead atoms. The summed E-state index contributed by atoms with van der Waals surface area (Å²) >= 11 is 0. The molecule has 2 amide bonds. The van der Waals surface area contributed by atoms with E-state index in [9.17, 15) is 9.59 Å². The summed E-state index contributed by atoms with van der Waals surface area (Å²) in [6, 6.07) is 15.9. The van der Waals surface area contributed by atoms with E-state index in [4.69, 9.17) is 9.47 Å². The van der Waals surface area contributed by atoms with Crippen molar-refractivity contribution in [3.63, 3.8) is 0 Å². The largest absolute Gasteiger partial charge is 0.459 e. The van der Waals surface area contributed by atoms with Crippen LogP contribution in [0.5, 0.6) is 11.5 Å². The topological polar surface area (TPSA) is 76.7 Å². The highest BCUT2D eigenvalue weighted by atomic mass is 16.5. The Hall–Kier alpha value is -3.28. The van der Waals surface area contributed by atoms with Crippen LogP contribution in [0.2, 0.25) is 0 Å². The zero-order chi connectivity index (χ0) is 20.8. The van der Waals surface area contributed by atoms with E-state index in [1.165, 1.54) is 0 Å². The second-order valence-corrected chi connectivity index (χ2v) is 7.11. The van der Waals surface area contributed by atoms with Crippen molar-refractivity contribution in [2.24, 2.45) is 0 Å². The lowest BCUT2D eigenvalue weighted by atomic mass is 9.93. The predicted molar refractivity (Wildman–Crippen MR) is 111 cm³/mol. The molecule has 0 fully saturated rings. The fourth-order valence-electron chi connectivity index (χ4n) is 3.19. The molecule has 0 aromatic heterocycles. The van der Waals surface area contributed by atoms with E-state index >= 15 is 0 Å². The average molecular weight is 394 g/mol. The van der Waals surface area contributed by atoms with Gasteiger partial charge in [-0.15, -0.1) is 0 Å². The number of urea groups is 1. The van der Waals surface area contributed by atoms with Crippen molar-refractivity contribution >= 4 is 12.0 Å². The molecule has 6 heteroatoms. The number of ether oxygens (including phenoxy) is 2. The zero-order valence-electron chi connectivity index (χ0n) is 16.9. The molecule has 6 nitrogen and oxygen atoms in total. The van der Waals surface area contributed by atoms with Crippen LogP contribution < -0.4 is 15.4 Å². The van der Waals surface area contributed by atoms with Crippen molar-refractivity contribution in [1.29, 1.82) is 0 Å². The lowest BCUT2D eigenvalue weighted by Crippen LogP contribution is -2.46. The predicted octanol–water partition coefficient (Wildman–Crippen LogP) is 4.84. The van der Waals surface area contributed by atoms with Crippen molar-refractivity contribution in [2.45, 2.75) is 45.8 Å². The third-order valence-corrected chi connectivity index (χ3v) is 4.41. The maximum atomic E-state index is 12.8. The van der Waals surface area contributed by atoms with Crippen LogP contribution in [-0.4, -0.2) is 18.1 Å². The van der Waals surface area contributed by atoms with Crippen molar-refractivity contribution in [3.8, 4) is 11.5 Å². The fourth-order valence-corrected chi connectivity index (χ4v) is 3.19. The Morgan fingerprint density at radius 3 is 2.31 bits per heavy atom. The number of hydrogen-bond acceptors (Lipinski definition) is 4. The minimum atomic E-state index is -0.581. The van der Waals surface area contributed by atoms with E-state index in [1.54, 1.807) is 13.8 Å². The molecule has 1 aliphatic rings. The molecular formula is C23H26N2O4. The number of benzene rings is 2. The average Bonchev–Trinajstić information content (AvgIpc) is 2.68. The highest BCUT2D eigenvalue weighted by molar-refractivity contribution is 5.95. The molecule has 0 spiro atoms. The number of esters is 1. The maximum absolute atomic E-state index is 12.8. The van der Waals surface area contributed by atoms with Crippen LogP contribution in [0.3, 0.4) is 0 Å². The van der Waals surface area contributed by atoms with E-state index in [0.717, 1.165) is 17.7 Å². The molecule has 0 aliphatic carbocycles. The Balaban J connectivity index is 1.90. The zero-order valence-corrected chi connectivity index (χ0v) is 16.9. The van der Waals surface area contributed by atoms with Gasteiger partial charge in [-0.1, -0.05) is 43.7 Å². The van der Waals surface area contributed by atoms with Gasteiger partial charge in [0.2, 0.25) is 0 Å². The van der Waals surface area contributed by atoms with Crippen molar-refractivity contribution in [2.75, 3.05) is 0 Å². The molecule has 0 saturated heterocycles. The number of hydrogen-bond donors (Lipinski definition) is 2. The quantitative estimate of drug-likeness (QED) is 0.659. The summed E-state index contributed by atoms with van der Waals surface area (Å²) in [5.74, 6) is 0.983. The van der Waals surface area contributed by atoms with Crippen molar-refractivity contribution in [1.82, 2.24) is 10.6 Å². The Labute approximate surface area is 170 Å². The van der Waals surface area contributed by atoms with E-state index in [2.05, 4.69) is 10.6 Å². The van der Waals surface area contributed by atoms with Crippen molar-refractivity contribution < 1.29 is 19.1 Å². The molecule has 1 heterocycles. The Morgan fingerprint density at radius 2 is 1.69 bits per heavy atom. The highest BCUT2D eigenvalue weighted by Gasteiger charge is 2.33. The summed E-state index contributed by atoms with van der Waals surface area (Å²) in [6.07, 6.45) is 1.13. The fraction of sp³-hybridized carbons (Fsp3) is 0.304. The second kappa shape index (κ2) is 9.28. The summed E-state index contributed by atoms with van der Waals surface area (Å²) in [5, 5.41) is 5.61. The number of nitrogens with one attached hydrogen (secondary N) is 2. The van der Waals surface area contributed by atoms with Crippen molar-refractivity contribution in [3.05, 3.63) is 71.4 Å². The summed E-state index contributed by atoms with van der Waals surface area (Å²) in [7, 11) is 0. The van der Waals surface area contributed by atoms with Crippen LogP contribution in [-0.2, 0) is 9.53 Å². The first kappa shape index (κ1) is 20.5. The lowest BCUT2D eigenvalue weighted by molar-refractivity contribution is -0.143. The molecule has 2 aromatic carbocycles. The van der Waals surface area contributed by atoms with Crippen LogP contribution in [0.4, 0.5) is 4.79 Å². The molecular weight excluding hydrogens is 368 g/mol. The monoisotopic (exact) mass is 394 g/mol. The molecule has 1 unspecified atom stereocenters. The molecule has 152 valence electrons. The van der Waals surface area contributed by atoms with Gasteiger partial charge in [-0.25, -0.2) is 9.59 Å². The molecule has 1 aliphatic heterocycles. The minimum Gasteiger partial charge on any atom is -0.459 e. The van der Waals surface area contributed by atoms with Crippen LogP contribution in [0.1, 0.15) is 45.2 Å². The first-order chi connectivity index (χ1) is 14.0. The van der Waals surface area contributed by atoms with Crippen LogP contribution in [0.15, 0.2) is 65.9 Å². The first-order valence-corrected chi connectivity index (χ1v) is 9.82. The Morgan fingerprint density at radius 1 is 1.03 bits per heavy atom. The molecule has 2 aromatic rings. The molecule has 29 heavy (non-hydrogen) atoms. The molecule has 1 atom stereocenters. The first-order valence-electron chi connectivity index (χ1n) is 9.82. The number of carbonyl (C=O) groups excluding carboxylic acids is 2. The number of para-hydroxylation sites is 1. The van der Waals surface area contributed by atoms with E-state index in [-0.39, 0.29) is 12.1 Å². The SMILES string of the molecule is CCCC1=C(C(=O)OC(C)C)C(c2ccc(Oc3ccccc3)cc2)NC(=O)N1. The lowest BCUT2D eigenvalue weighted by Gasteiger charge is -2.30. The molecule has 0 saturated carbocycles. The van der Waals surface area contributed by atoms with Gasteiger partial charge >= 0.3 is 12.0 Å². The van der Waals surface area contributed by atoms with E-state index < -0.39 is 12.0 Å². The normalized spacial score (nSPS) is 16.3.